The fraction of sp³-hybridized carbons (Fsp3) is 0.118. The van der Waals surface area contributed by atoms with Gasteiger partial charge in [-0.25, -0.2) is 9.71 Å². The summed E-state index contributed by atoms with van der Waals surface area (Å²) in [5.74, 6) is -0.809. The van der Waals surface area contributed by atoms with Gasteiger partial charge < -0.3 is 4.52 Å². The molecule has 0 aliphatic rings. The van der Waals surface area contributed by atoms with E-state index in [9.17, 15) is 13.2 Å². The molecule has 0 saturated carbocycles. The molecule has 2 aromatic heterocycles. The van der Waals surface area contributed by atoms with E-state index in [1.807, 2.05) is 4.72 Å². The van der Waals surface area contributed by atoms with Gasteiger partial charge in [0.25, 0.3) is 15.9 Å². The summed E-state index contributed by atoms with van der Waals surface area (Å²) in [7, 11) is -4.20. The normalized spacial score (nSPS) is 11.4. The smallest absolute Gasteiger partial charge is 0.282 e. The minimum atomic E-state index is -4.20. The van der Waals surface area contributed by atoms with Gasteiger partial charge >= 0.3 is 0 Å². The lowest BCUT2D eigenvalue weighted by atomic mass is 10.1. The zero-order valence-corrected chi connectivity index (χ0v) is 16.5. The molecular formula is C17H13Cl2N3O4S. The molecule has 7 nitrogen and oxygen atoms in total. The Bertz CT molecular complexity index is 1120. The third-order valence-electron chi connectivity index (χ3n) is 3.73. The number of nitrogens with zero attached hydrogens (tertiary/aromatic N) is 2. The molecule has 0 bridgehead atoms. The summed E-state index contributed by atoms with van der Waals surface area (Å²) in [5, 5.41) is 4.08. The summed E-state index contributed by atoms with van der Waals surface area (Å²) < 4.78 is 32.2. The molecule has 3 aromatic rings. The topological polar surface area (TPSA) is 102 Å². The number of aromatic nitrogens is 2. The second-order valence-electron chi connectivity index (χ2n) is 5.62. The maximum absolute atomic E-state index is 12.7. The lowest BCUT2D eigenvalue weighted by Gasteiger charge is -2.09. The van der Waals surface area contributed by atoms with E-state index in [0.717, 1.165) is 0 Å². The minimum absolute atomic E-state index is 0.0496. The Morgan fingerprint density at radius 1 is 1.11 bits per heavy atom. The van der Waals surface area contributed by atoms with Gasteiger partial charge in [-0.3, -0.25) is 4.79 Å². The first-order valence-electron chi connectivity index (χ1n) is 7.62. The van der Waals surface area contributed by atoms with Crippen molar-refractivity contribution in [1.82, 2.24) is 14.9 Å². The fourth-order valence-corrected chi connectivity index (χ4v) is 4.22. The number of sulfonamides is 1. The van der Waals surface area contributed by atoms with Gasteiger partial charge in [0.1, 0.15) is 17.0 Å². The molecule has 0 fully saturated rings. The molecule has 10 heteroatoms. The molecule has 1 amide bonds. The number of pyridine rings is 1. The van der Waals surface area contributed by atoms with Crippen LogP contribution in [0.1, 0.15) is 21.7 Å². The number of carbonyl (C=O) groups is 1. The maximum Gasteiger partial charge on any atom is 0.282 e. The SMILES string of the molecule is Cc1cccnc1S(=O)(=O)NC(=O)c1c(-c2c(Cl)cccc2Cl)noc1C. The molecule has 1 aromatic carbocycles. The van der Waals surface area contributed by atoms with Crippen molar-refractivity contribution < 1.29 is 17.7 Å². The largest absolute Gasteiger partial charge is 0.360 e. The Kier molecular flexibility index (Phi) is 5.23. The number of hydrogen-bond donors (Lipinski definition) is 1. The Balaban J connectivity index is 2.05. The van der Waals surface area contributed by atoms with Crippen LogP contribution in [0.4, 0.5) is 0 Å². The Labute approximate surface area is 165 Å². The standard InChI is InChI=1S/C17H13Cl2N3O4S/c1-9-5-4-8-20-17(9)27(24,25)22-16(23)13-10(2)26-21-15(13)14-11(18)6-3-7-12(14)19/h3-8H,1-2H3,(H,22,23). The molecule has 0 spiro atoms. The molecule has 0 aliphatic heterocycles. The number of benzene rings is 1. The van der Waals surface area contributed by atoms with Crippen LogP contribution in [0.5, 0.6) is 0 Å². The van der Waals surface area contributed by atoms with E-state index in [0.29, 0.717) is 5.56 Å². The van der Waals surface area contributed by atoms with Gasteiger partial charge in [0.05, 0.1) is 10.0 Å². The third kappa shape index (κ3) is 3.69. The van der Waals surface area contributed by atoms with Crippen molar-refractivity contribution in [2.45, 2.75) is 18.9 Å². The second-order valence-corrected chi connectivity index (χ2v) is 8.03. The van der Waals surface area contributed by atoms with Crippen molar-refractivity contribution in [3.05, 3.63) is 63.5 Å². The van der Waals surface area contributed by atoms with Crippen LogP contribution in [0.2, 0.25) is 10.0 Å². The van der Waals surface area contributed by atoms with Crippen molar-refractivity contribution in [2.75, 3.05) is 0 Å². The predicted octanol–water partition coefficient (Wildman–Crippen LogP) is 3.78. The van der Waals surface area contributed by atoms with Crippen LogP contribution in [0, 0.1) is 13.8 Å². The molecular weight excluding hydrogens is 413 g/mol. The average molecular weight is 426 g/mol. The van der Waals surface area contributed by atoms with Crippen LogP contribution >= 0.6 is 23.2 Å². The van der Waals surface area contributed by atoms with Crippen molar-refractivity contribution in [1.29, 1.82) is 0 Å². The minimum Gasteiger partial charge on any atom is -0.360 e. The number of rotatable bonds is 4. The van der Waals surface area contributed by atoms with Crippen LogP contribution in [-0.2, 0) is 10.0 Å². The molecule has 27 heavy (non-hydrogen) atoms. The number of nitrogens with one attached hydrogen (secondary N) is 1. The quantitative estimate of drug-likeness (QED) is 0.681. The van der Waals surface area contributed by atoms with Crippen molar-refractivity contribution in [3.8, 4) is 11.3 Å². The zero-order chi connectivity index (χ0) is 19.8. The molecule has 0 saturated heterocycles. The maximum atomic E-state index is 12.7. The molecule has 140 valence electrons. The first-order chi connectivity index (χ1) is 12.7. The van der Waals surface area contributed by atoms with Gasteiger partial charge in [0, 0.05) is 11.8 Å². The highest BCUT2D eigenvalue weighted by Gasteiger charge is 2.29. The molecule has 0 radical (unpaired) electrons. The van der Waals surface area contributed by atoms with E-state index in [1.54, 1.807) is 37.3 Å². The highest BCUT2D eigenvalue weighted by Crippen LogP contribution is 2.36. The number of carbonyl (C=O) groups excluding carboxylic acids is 1. The van der Waals surface area contributed by atoms with E-state index < -0.39 is 15.9 Å². The lowest BCUT2D eigenvalue weighted by Crippen LogP contribution is -2.32. The van der Waals surface area contributed by atoms with Crippen molar-refractivity contribution >= 4 is 39.1 Å². The van der Waals surface area contributed by atoms with Crippen molar-refractivity contribution in [3.63, 3.8) is 0 Å². The summed E-state index contributed by atoms with van der Waals surface area (Å²) >= 11 is 12.3. The van der Waals surface area contributed by atoms with E-state index in [1.165, 1.54) is 13.1 Å². The summed E-state index contributed by atoms with van der Waals surface area (Å²) in [6, 6.07) is 7.95. The lowest BCUT2D eigenvalue weighted by molar-refractivity contribution is 0.0980. The first kappa shape index (κ1) is 19.3. The van der Waals surface area contributed by atoms with Crippen LogP contribution in [0.25, 0.3) is 11.3 Å². The number of aryl methyl sites for hydroxylation is 2. The monoisotopic (exact) mass is 425 g/mol. The summed E-state index contributed by atoms with van der Waals surface area (Å²) in [6.45, 7) is 3.06. The Morgan fingerprint density at radius 2 is 1.78 bits per heavy atom. The molecule has 0 aliphatic carbocycles. The van der Waals surface area contributed by atoms with Crippen LogP contribution in [0.15, 0.2) is 46.1 Å². The van der Waals surface area contributed by atoms with E-state index in [2.05, 4.69) is 10.1 Å². The zero-order valence-electron chi connectivity index (χ0n) is 14.2. The van der Waals surface area contributed by atoms with Gasteiger partial charge in [-0.05, 0) is 37.6 Å². The molecule has 1 N–H and O–H groups in total. The van der Waals surface area contributed by atoms with Gasteiger partial charge in [-0.2, -0.15) is 8.42 Å². The van der Waals surface area contributed by atoms with E-state index in [4.69, 9.17) is 27.7 Å². The van der Waals surface area contributed by atoms with Crippen LogP contribution < -0.4 is 4.72 Å². The summed E-state index contributed by atoms with van der Waals surface area (Å²) in [4.78, 5) is 16.6. The predicted molar refractivity (Wildman–Crippen MR) is 100 cm³/mol. The van der Waals surface area contributed by atoms with Gasteiger partial charge in [-0.1, -0.05) is 40.5 Å². The second kappa shape index (κ2) is 7.30. The average Bonchev–Trinajstić information content (AvgIpc) is 2.96. The van der Waals surface area contributed by atoms with Gasteiger partial charge in [-0.15, -0.1) is 0 Å². The first-order valence-corrected chi connectivity index (χ1v) is 9.85. The third-order valence-corrected chi connectivity index (χ3v) is 5.75. The number of hydrogen-bond acceptors (Lipinski definition) is 6. The summed E-state index contributed by atoms with van der Waals surface area (Å²) in [6.07, 6.45) is 1.33. The molecule has 0 atom stereocenters. The molecule has 2 heterocycles. The van der Waals surface area contributed by atoms with Crippen LogP contribution in [0.3, 0.4) is 0 Å². The highest BCUT2D eigenvalue weighted by molar-refractivity contribution is 7.90. The number of amides is 1. The van der Waals surface area contributed by atoms with E-state index in [-0.39, 0.29) is 37.7 Å². The van der Waals surface area contributed by atoms with Crippen LogP contribution in [-0.4, -0.2) is 24.5 Å². The molecule has 0 unspecified atom stereocenters. The Hall–Kier alpha value is -2.42. The number of halogens is 2. The Morgan fingerprint density at radius 3 is 2.41 bits per heavy atom. The molecule has 3 rings (SSSR count). The van der Waals surface area contributed by atoms with Crippen molar-refractivity contribution in [2.24, 2.45) is 0 Å². The summed E-state index contributed by atoms with van der Waals surface area (Å²) in [5.41, 5.74) is 0.638. The van der Waals surface area contributed by atoms with Gasteiger partial charge in [0.2, 0.25) is 0 Å². The van der Waals surface area contributed by atoms with E-state index >= 15 is 0 Å². The van der Waals surface area contributed by atoms with Gasteiger partial charge in [0.15, 0.2) is 5.03 Å². The fourth-order valence-electron chi connectivity index (χ4n) is 2.51. The highest BCUT2D eigenvalue weighted by atomic mass is 35.5.